The van der Waals surface area contributed by atoms with Gasteiger partial charge >= 0.3 is 6.03 Å². The standard InChI is InChI=1S/C9H11N3O/c1-3-10-9(13)12-8-5-4-7(2)11-6-8/h3-6H,1H2,2H3,(H2,10,12,13). The van der Waals surface area contributed by atoms with Crippen LogP contribution in [0.1, 0.15) is 5.69 Å². The van der Waals surface area contributed by atoms with Crippen molar-refractivity contribution in [2.24, 2.45) is 0 Å². The molecule has 1 rings (SSSR count). The summed E-state index contributed by atoms with van der Waals surface area (Å²) < 4.78 is 0. The molecule has 0 radical (unpaired) electrons. The number of rotatable bonds is 2. The highest BCUT2D eigenvalue weighted by Gasteiger charge is 1.97. The van der Waals surface area contributed by atoms with E-state index in [1.165, 1.54) is 6.20 Å². The van der Waals surface area contributed by atoms with E-state index in [0.717, 1.165) is 5.69 Å². The maximum Gasteiger partial charge on any atom is 0.323 e. The van der Waals surface area contributed by atoms with Crippen LogP contribution in [0.5, 0.6) is 0 Å². The lowest BCUT2D eigenvalue weighted by molar-refractivity contribution is 0.255. The van der Waals surface area contributed by atoms with Crippen molar-refractivity contribution in [3.63, 3.8) is 0 Å². The Balaban J connectivity index is 2.59. The third-order valence-electron chi connectivity index (χ3n) is 1.40. The molecule has 0 aromatic carbocycles. The Kier molecular flexibility index (Phi) is 3.03. The number of carbonyl (C=O) groups is 1. The summed E-state index contributed by atoms with van der Waals surface area (Å²) in [5.41, 5.74) is 1.57. The molecule has 4 nitrogen and oxygen atoms in total. The SMILES string of the molecule is C=CNC(=O)Nc1ccc(C)nc1. The minimum Gasteiger partial charge on any atom is -0.315 e. The Morgan fingerprint density at radius 1 is 1.62 bits per heavy atom. The van der Waals surface area contributed by atoms with Crippen LogP contribution in [-0.2, 0) is 0 Å². The lowest BCUT2D eigenvalue weighted by atomic mass is 10.3. The average molecular weight is 177 g/mol. The molecular formula is C9H11N3O. The molecule has 0 aliphatic carbocycles. The molecular weight excluding hydrogens is 166 g/mol. The molecule has 0 saturated carbocycles. The zero-order chi connectivity index (χ0) is 9.68. The number of carbonyl (C=O) groups excluding carboxylic acids is 1. The Morgan fingerprint density at radius 2 is 2.38 bits per heavy atom. The Bertz CT molecular complexity index is 305. The molecule has 1 aromatic heterocycles. The number of amides is 2. The summed E-state index contributed by atoms with van der Waals surface area (Å²) in [6.45, 7) is 5.25. The van der Waals surface area contributed by atoms with Gasteiger partial charge in [0.1, 0.15) is 0 Å². The summed E-state index contributed by atoms with van der Waals surface area (Å²) >= 11 is 0. The minimum atomic E-state index is -0.319. The molecule has 0 fully saturated rings. The van der Waals surface area contributed by atoms with Crippen molar-refractivity contribution < 1.29 is 4.79 Å². The van der Waals surface area contributed by atoms with Crippen LogP contribution in [0.3, 0.4) is 0 Å². The van der Waals surface area contributed by atoms with E-state index in [1.54, 1.807) is 12.3 Å². The second-order valence-corrected chi connectivity index (χ2v) is 2.49. The van der Waals surface area contributed by atoms with Gasteiger partial charge in [0.15, 0.2) is 0 Å². The van der Waals surface area contributed by atoms with E-state index in [9.17, 15) is 4.79 Å². The third kappa shape index (κ3) is 2.94. The maximum atomic E-state index is 11.0. The van der Waals surface area contributed by atoms with Crippen LogP contribution >= 0.6 is 0 Å². The fourth-order valence-corrected chi connectivity index (χ4v) is 0.802. The van der Waals surface area contributed by atoms with Gasteiger partial charge in [0.05, 0.1) is 11.9 Å². The van der Waals surface area contributed by atoms with Gasteiger partial charge in [-0.3, -0.25) is 4.98 Å². The second kappa shape index (κ2) is 4.25. The Labute approximate surface area is 76.7 Å². The second-order valence-electron chi connectivity index (χ2n) is 2.49. The molecule has 2 N–H and O–H groups in total. The van der Waals surface area contributed by atoms with Gasteiger partial charge < -0.3 is 10.6 Å². The zero-order valence-corrected chi connectivity index (χ0v) is 7.37. The first kappa shape index (κ1) is 9.25. The van der Waals surface area contributed by atoms with Gasteiger partial charge in [-0.05, 0) is 25.3 Å². The molecule has 0 saturated heterocycles. The van der Waals surface area contributed by atoms with Crippen LogP contribution in [0.4, 0.5) is 10.5 Å². The predicted octanol–water partition coefficient (Wildman–Crippen LogP) is 1.66. The Morgan fingerprint density at radius 3 is 2.92 bits per heavy atom. The van der Waals surface area contributed by atoms with Gasteiger partial charge in [-0.25, -0.2) is 4.79 Å². The van der Waals surface area contributed by atoms with Crippen molar-refractivity contribution in [1.29, 1.82) is 0 Å². The van der Waals surface area contributed by atoms with E-state index in [-0.39, 0.29) is 6.03 Å². The van der Waals surface area contributed by atoms with Gasteiger partial charge in [-0.15, -0.1) is 0 Å². The number of nitrogens with zero attached hydrogens (tertiary/aromatic N) is 1. The first-order chi connectivity index (χ1) is 6.22. The summed E-state index contributed by atoms with van der Waals surface area (Å²) in [6, 6.07) is 3.29. The number of nitrogens with one attached hydrogen (secondary N) is 2. The largest absolute Gasteiger partial charge is 0.323 e. The minimum absolute atomic E-state index is 0.319. The van der Waals surface area contributed by atoms with Crippen LogP contribution in [0.2, 0.25) is 0 Å². The fourth-order valence-electron chi connectivity index (χ4n) is 0.802. The first-order valence-electron chi connectivity index (χ1n) is 3.83. The van der Waals surface area contributed by atoms with Crippen LogP contribution in [0, 0.1) is 6.92 Å². The van der Waals surface area contributed by atoms with Crippen LogP contribution in [0.25, 0.3) is 0 Å². The summed E-state index contributed by atoms with van der Waals surface area (Å²) in [4.78, 5) is 15.0. The van der Waals surface area contributed by atoms with E-state index >= 15 is 0 Å². The van der Waals surface area contributed by atoms with E-state index in [4.69, 9.17) is 0 Å². The molecule has 0 spiro atoms. The molecule has 13 heavy (non-hydrogen) atoms. The average Bonchev–Trinajstić information content (AvgIpc) is 2.09. The molecule has 2 amide bonds. The van der Waals surface area contributed by atoms with Crippen LogP contribution in [-0.4, -0.2) is 11.0 Å². The monoisotopic (exact) mass is 177 g/mol. The van der Waals surface area contributed by atoms with Crippen molar-refractivity contribution >= 4 is 11.7 Å². The highest BCUT2D eigenvalue weighted by atomic mass is 16.2. The van der Waals surface area contributed by atoms with Crippen molar-refractivity contribution in [3.05, 3.63) is 36.8 Å². The van der Waals surface area contributed by atoms with Crippen molar-refractivity contribution in [2.75, 3.05) is 5.32 Å². The molecule has 0 aliphatic heterocycles. The van der Waals surface area contributed by atoms with Crippen LogP contribution in [0.15, 0.2) is 31.1 Å². The molecule has 4 heteroatoms. The molecule has 1 aromatic rings. The predicted molar refractivity (Wildman–Crippen MR) is 51.3 cm³/mol. The molecule has 0 unspecified atom stereocenters. The summed E-state index contributed by atoms with van der Waals surface area (Å²) in [5, 5.41) is 4.98. The number of pyridine rings is 1. The van der Waals surface area contributed by atoms with Crippen molar-refractivity contribution in [1.82, 2.24) is 10.3 Å². The number of aromatic nitrogens is 1. The number of urea groups is 1. The zero-order valence-electron chi connectivity index (χ0n) is 7.37. The lowest BCUT2D eigenvalue weighted by Crippen LogP contribution is -2.23. The van der Waals surface area contributed by atoms with Crippen molar-refractivity contribution in [2.45, 2.75) is 6.92 Å². The number of aryl methyl sites for hydroxylation is 1. The van der Waals surface area contributed by atoms with Gasteiger partial charge in [0.25, 0.3) is 0 Å². The number of anilines is 1. The molecule has 0 aliphatic rings. The van der Waals surface area contributed by atoms with E-state index in [1.807, 2.05) is 13.0 Å². The highest BCUT2D eigenvalue weighted by molar-refractivity contribution is 5.89. The van der Waals surface area contributed by atoms with Gasteiger partial charge in [0.2, 0.25) is 0 Å². The first-order valence-corrected chi connectivity index (χ1v) is 3.83. The molecule has 68 valence electrons. The molecule has 0 atom stereocenters. The van der Waals surface area contributed by atoms with Gasteiger partial charge in [0, 0.05) is 5.69 Å². The third-order valence-corrected chi connectivity index (χ3v) is 1.40. The lowest BCUT2D eigenvalue weighted by Gasteiger charge is -2.03. The topological polar surface area (TPSA) is 54.0 Å². The summed E-state index contributed by atoms with van der Waals surface area (Å²) in [5.74, 6) is 0. The van der Waals surface area contributed by atoms with Crippen LogP contribution < -0.4 is 10.6 Å². The van der Waals surface area contributed by atoms with Gasteiger partial charge in [-0.2, -0.15) is 0 Å². The van der Waals surface area contributed by atoms with E-state index < -0.39 is 0 Å². The number of hydrogen-bond acceptors (Lipinski definition) is 2. The highest BCUT2D eigenvalue weighted by Crippen LogP contribution is 2.04. The quantitative estimate of drug-likeness (QED) is 0.721. The normalized spacial score (nSPS) is 9.00. The fraction of sp³-hybridized carbons (Fsp3) is 0.111. The molecule has 1 heterocycles. The Hall–Kier alpha value is -1.84. The smallest absolute Gasteiger partial charge is 0.315 e. The van der Waals surface area contributed by atoms with E-state index in [0.29, 0.717) is 5.69 Å². The van der Waals surface area contributed by atoms with E-state index in [2.05, 4.69) is 22.2 Å². The summed E-state index contributed by atoms with van der Waals surface area (Å²) in [7, 11) is 0. The number of hydrogen-bond donors (Lipinski definition) is 2. The van der Waals surface area contributed by atoms with Gasteiger partial charge in [-0.1, -0.05) is 6.58 Å². The maximum absolute atomic E-state index is 11.0. The molecule has 0 bridgehead atoms. The van der Waals surface area contributed by atoms with Crippen molar-refractivity contribution in [3.8, 4) is 0 Å². The summed E-state index contributed by atoms with van der Waals surface area (Å²) in [6.07, 6.45) is 2.91.